The molecule has 0 radical (unpaired) electrons. The van der Waals surface area contributed by atoms with Gasteiger partial charge in [0.2, 0.25) is 0 Å². The predicted molar refractivity (Wildman–Crippen MR) is 64.0 cm³/mol. The molecule has 1 rings (SSSR count). The molecule has 0 saturated carbocycles. The fourth-order valence-corrected chi connectivity index (χ4v) is 1.30. The van der Waals surface area contributed by atoms with Crippen molar-refractivity contribution < 1.29 is 14.2 Å². The van der Waals surface area contributed by atoms with Crippen LogP contribution in [0.3, 0.4) is 0 Å². The average molecular weight is 225 g/mol. The number of rotatable bonds is 7. The maximum Gasteiger partial charge on any atom is 0.145 e. The van der Waals surface area contributed by atoms with E-state index in [2.05, 4.69) is 0 Å². The molecule has 1 aromatic carbocycles. The van der Waals surface area contributed by atoms with Gasteiger partial charge in [0.15, 0.2) is 0 Å². The Morgan fingerprint density at radius 3 is 2.56 bits per heavy atom. The maximum absolute atomic E-state index is 5.78. The zero-order chi connectivity index (χ0) is 11.8. The molecular formula is C12H19NO3. The number of ether oxygens (including phenoxy) is 3. The normalized spacial score (nSPS) is 10.1. The summed E-state index contributed by atoms with van der Waals surface area (Å²) in [5, 5.41) is 0. The molecule has 0 bridgehead atoms. The molecule has 0 aliphatic carbocycles. The second kappa shape index (κ2) is 6.95. The molecule has 0 amide bonds. The predicted octanol–water partition coefficient (Wildman–Crippen LogP) is 2.08. The van der Waals surface area contributed by atoms with E-state index in [0.29, 0.717) is 18.0 Å². The molecule has 2 N–H and O–H groups in total. The van der Waals surface area contributed by atoms with Gasteiger partial charge in [-0.05, 0) is 25.0 Å². The Morgan fingerprint density at radius 2 is 1.88 bits per heavy atom. The van der Waals surface area contributed by atoms with E-state index in [9.17, 15) is 0 Å². The Hall–Kier alpha value is -1.42. The van der Waals surface area contributed by atoms with Crippen molar-refractivity contribution in [3.8, 4) is 11.5 Å². The molecule has 0 heterocycles. The number of hydrogen-bond acceptors (Lipinski definition) is 4. The Kier molecular flexibility index (Phi) is 5.50. The van der Waals surface area contributed by atoms with Gasteiger partial charge in [-0.2, -0.15) is 0 Å². The fraction of sp³-hybridized carbons (Fsp3) is 0.500. The first-order valence-electron chi connectivity index (χ1n) is 5.33. The van der Waals surface area contributed by atoms with Gasteiger partial charge in [0.1, 0.15) is 11.5 Å². The first kappa shape index (κ1) is 12.6. The highest BCUT2D eigenvalue weighted by molar-refractivity contribution is 5.55. The van der Waals surface area contributed by atoms with Gasteiger partial charge in [-0.15, -0.1) is 0 Å². The standard InChI is InChI=1S/C12H19NO3/c1-14-7-3-4-8-16-12-9-10(15-2)5-6-11(12)13/h5-6,9H,3-4,7-8,13H2,1-2H3. The summed E-state index contributed by atoms with van der Waals surface area (Å²) in [6, 6.07) is 5.39. The third kappa shape index (κ3) is 3.98. The highest BCUT2D eigenvalue weighted by Gasteiger charge is 2.02. The number of methoxy groups -OCH3 is 2. The van der Waals surface area contributed by atoms with E-state index in [1.807, 2.05) is 6.07 Å². The zero-order valence-corrected chi connectivity index (χ0v) is 9.86. The minimum atomic E-state index is 0.632. The van der Waals surface area contributed by atoms with Gasteiger partial charge in [-0.3, -0.25) is 0 Å². The molecule has 4 nitrogen and oxygen atoms in total. The molecule has 0 atom stereocenters. The van der Waals surface area contributed by atoms with Crippen molar-refractivity contribution in [2.24, 2.45) is 0 Å². The van der Waals surface area contributed by atoms with Crippen molar-refractivity contribution in [1.82, 2.24) is 0 Å². The van der Waals surface area contributed by atoms with Crippen molar-refractivity contribution in [1.29, 1.82) is 0 Å². The van der Waals surface area contributed by atoms with Gasteiger partial charge in [0.25, 0.3) is 0 Å². The smallest absolute Gasteiger partial charge is 0.145 e. The lowest BCUT2D eigenvalue weighted by Crippen LogP contribution is -2.02. The van der Waals surface area contributed by atoms with Crippen molar-refractivity contribution in [2.45, 2.75) is 12.8 Å². The van der Waals surface area contributed by atoms with Crippen LogP contribution in [0.25, 0.3) is 0 Å². The highest BCUT2D eigenvalue weighted by Crippen LogP contribution is 2.26. The molecule has 1 aromatic rings. The van der Waals surface area contributed by atoms with E-state index >= 15 is 0 Å². The Morgan fingerprint density at radius 1 is 1.12 bits per heavy atom. The second-order valence-electron chi connectivity index (χ2n) is 3.45. The van der Waals surface area contributed by atoms with E-state index in [1.54, 1.807) is 26.4 Å². The van der Waals surface area contributed by atoms with E-state index in [4.69, 9.17) is 19.9 Å². The number of unbranched alkanes of at least 4 members (excludes halogenated alkanes) is 1. The van der Waals surface area contributed by atoms with Crippen LogP contribution in [0.2, 0.25) is 0 Å². The van der Waals surface area contributed by atoms with Crippen molar-refractivity contribution in [3.05, 3.63) is 18.2 Å². The summed E-state index contributed by atoms with van der Waals surface area (Å²) in [5.74, 6) is 1.43. The number of nitrogen functional groups attached to an aromatic ring is 1. The van der Waals surface area contributed by atoms with Gasteiger partial charge in [-0.25, -0.2) is 0 Å². The van der Waals surface area contributed by atoms with Crippen LogP contribution in [-0.2, 0) is 4.74 Å². The third-order valence-electron chi connectivity index (χ3n) is 2.22. The first-order valence-corrected chi connectivity index (χ1v) is 5.33. The van der Waals surface area contributed by atoms with Crippen molar-refractivity contribution in [2.75, 3.05) is 33.2 Å². The lowest BCUT2D eigenvalue weighted by Gasteiger charge is -2.10. The summed E-state index contributed by atoms with van der Waals surface area (Å²) in [6.07, 6.45) is 1.94. The molecule has 0 aliphatic heterocycles. The molecule has 0 aliphatic rings. The van der Waals surface area contributed by atoms with E-state index in [1.165, 1.54) is 0 Å². The lowest BCUT2D eigenvalue weighted by atomic mass is 10.3. The van der Waals surface area contributed by atoms with Crippen molar-refractivity contribution >= 4 is 5.69 Å². The third-order valence-corrected chi connectivity index (χ3v) is 2.22. The van der Waals surface area contributed by atoms with Crippen molar-refractivity contribution in [3.63, 3.8) is 0 Å². The van der Waals surface area contributed by atoms with Crippen LogP contribution in [0.4, 0.5) is 5.69 Å². The maximum atomic E-state index is 5.78. The fourth-order valence-electron chi connectivity index (χ4n) is 1.30. The first-order chi connectivity index (χ1) is 7.77. The molecule has 0 spiro atoms. The van der Waals surface area contributed by atoms with Crippen LogP contribution in [0.15, 0.2) is 18.2 Å². The highest BCUT2D eigenvalue weighted by atomic mass is 16.5. The zero-order valence-electron chi connectivity index (χ0n) is 9.86. The van der Waals surface area contributed by atoms with Crippen LogP contribution in [0.1, 0.15) is 12.8 Å². The largest absolute Gasteiger partial charge is 0.497 e. The molecule has 0 saturated heterocycles. The Balaban J connectivity index is 2.40. The van der Waals surface area contributed by atoms with Crippen LogP contribution >= 0.6 is 0 Å². The van der Waals surface area contributed by atoms with E-state index in [-0.39, 0.29) is 0 Å². The average Bonchev–Trinajstić information content (AvgIpc) is 2.31. The molecule has 16 heavy (non-hydrogen) atoms. The van der Waals surface area contributed by atoms with E-state index in [0.717, 1.165) is 25.2 Å². The Bertz CT molecular complexity index is 315. The topological polar surface area (TPSA) is 53.7 Å². The molecule has 90 valence electrons. The monoisotopic (exact) mass is 225 g/mol. The van der Waals surface area contributed by atoms with Crippen LogP contribution < -0.4 is 15.2 Å². The number of anilines is 1. The number of hydrogen-bond donors (Lipinski definition) is 1. The summed E-state index contributed by atoms with van der Waals surface area (Å²) in [7, 11) is 3.31. The van der Waals surface area contributed by atoms with Crippen LogP contribution in [0, 0.1) is 0 Å². The lowest BCUT2D eigenvalue weighted by molar-refractivity contribution is 0.184. The minimum absolute atomic E-state index is 0.632. The summed E-state index contributed by atoms with van der Waals surface area (Å²) in [4.78, 5) is 0. The molecule has 4 heteroatoms. The SMILES string of the molecule is COCCCCOc1cc(OC)ccc1N. The summed E-state index contributed by atoms with van der Waals surface area (Å²) in [6.45, 7) is 1.40. The van der Waals surface area contributed by atoms with Gasteiger partial charge in [0.05, 0.1) is 19.4 Å². The molecular weight excluding hydrogens is 206 g/mol. The van der Waals surface area contributed by atoms with Crippen LogP contribution in [0.5, 0.6) is 11.5 Å². The van der Waals surface area contributed by atoms with Gasteiger partial charge >= 0.3 is 0 Å². The van der Waals surface area contributed by atoms with Crippen LogP contribution in [-0.4, -0.2) is 27.4 Å². The van der Waals surface area contributed by atoms with Gasteiger partial charge in [-0.1, -0.05) is 0 Å². The van der Waals surface area contributed by atoms with Gasteiger partial charge in [0, 0.05) is 19.8 Å². The number of benzene rings is 1. The minimum Gasteiger partial charge on any atom is -0.497 e. The molecule has 0 fully saturated rings. The van der Waals surface area contributed by atoms with E-state index < -0.39 is 0 Å². The summed E-state index contributed by atoms with van der Waals surface area (Å²) in [5.41, 5.74) is 6.41. The summed E-state index contributed by atoms with van der Waals surface area (Å²) >= 11 is 0. The Labute approximate surface area is 96.3 Å². The molecule has 0 aromatic heterocycles. The number of nitrogens with two attached hydrogens (primary N) is 1. The second-order valence-corrected chi connectivity index (χ2v) is 3.45. The quantitative estimate of drug-likeness (QED) is 0.570. The van der Waals surface area contributed by atoms with Gasteiger partial charge < -0.3 is 19.9 Å². The summed E-state index contributed by atoms with van der Waals surface area (Å²) < 4.78 is 15.6. The molecule has 0 unspecified atom stereocenters.